The third kappa shape index (κ3) is 3.54. The number of carboxylic acids is 1. The second-order valence-electron chi connectivity index (χ2n) is 5.49. The molecule has 5 heteroatoms. The number of methoxy groups -OCH3 is 1. The van der Waals surface area contributed by atoms with Crippen molar-refractivity contribution in [3.05, 3.63) is 29.8 Å². The van der Waals surface area contributed by atoms with Crippen molar-refractivity contribution in [3.8, 4) is 5.75 Å². The Morgan fingerprint density at radius 1 is 1.33 bits per heavy atom. The van der Waals surface area contributed by atoms with E-state index in [1.165, 1.54) is 0 Å². The van der Waals surface area contributed by atoms with Crippen LogP contribution in [-0.4, -0.2) is 24.1 Å². The number of carbonyl (C=O) groups excluding carboxylic acids is 1. The van der Waals surface area contributed by atoms with Gasteiger partial charge in [-0.3, -0.25) is 9.59 Å². The Morgan fingerprint density at radius 3 is 2.71 bits per heavy atom. The lowest BCUT2D eigenvalue weighted by atomic mass is 9.94. The number of carbonyl (C=O) groups is 2. The van der Waals surface area contributed by atoms with Gasteiger partial charge < -0.3 is 15.2 Å². The maximum Gasteiger partial charge on any atom is 0.307 e. The Kier molecular flexibility index (Phi) is 4.83. The van der Waals surface area contributed by atoms with Gasteiger partial charge in [-0.15, -0.1) is 0 Å². The highest BCUT2D eigenvalue weighted by molar-refractivity contribution is 5.85. The van der Waals surface area contributed by atoms with E-state index in [0.29, 0.717) is 12.8 Å². The molecular weight excluding hydrogens is 270 g/mol. The van der Waals surface area contributed by atoms with E-state index in [1.807, 2.05) is 31.2 Å². The first-order chi connectivity index (χ1) is 10.0. The normalized spacial score (nSPS) is 22.6. The summed E-state index contributed by atoms with van der Waals surface area (Å²) in [7, 11) is 1.60. The fourth-order valence-corrected chi connectivity index (χ4v) is 2.88. The summed E-state index contributed by atoms with van der Waals surface area (Å²) in [6.07, 6.45) is 2.02. The van der Waals surface area contributed by atoms with E-state index in [2.05, 4.69) is 5.32 Å². The van der Waals surface area contributed by atoms with Crippen LogP contribution in [0, 0.1) is 11.8 Å². The zero-order chi connectivity index (χ0) is 15.4. The predicted octanol–water partition coefficient (Wildman–Crippen LogP) is 2.37. The molecule has 3 atom stereocenters. The molecule has 0 aliphatic heterocycles. The van der Waals surface area contributed by atoms with Crippen LogP contribution in [0.1, 0.15) is 37.8 Å². The summed E-state index contributed by atoms with van der Waals surface area (Å²) in [5, 5.41) is 12.1. The van der Waals surface area contributed by atoms with Crippen molar-refractivity contribution in [1.29, 1.82) is 0 Å². The number of amides is 1. The SMILES string of the molecule is COc1cccc([C@@H](C)NC(=O)C2CCCC2C(=O)O)c1. The molecule has 1 aromatic carbocycles. The van der Waals surface area contributed by atoms with Gasteiger partial charge in [0, 0.05) is 0 Å². The number of benzene rings is 1. The van der Waals surface area contributed by atoms with E-state index in [9.17, 15) is 9.59 Å². The molecule has 0 bridgehead atoms. The molecule has 114 valence electrons. The van der Waals surface area contributed by atoms with Gasteiger partial charge in [0.15, 0.2) is 0 Å². The van der Waals surface area contributed by atoms with E-state index < -0.39 is 17.8 Å². The highest BCUT2D eigenvalue weighted by Gasteiger charge is 2.38. The Morgan fingerprint density at radius 2 is 2.05 bits per heavy atom. The quantitative estimate of drug-likeness (QED) is 0.873. The number of aliphatic carboxylic acids is 1. The van der Waals surface area contributed by atoms with Gasteiger partial charge >= 0.3 is 5.97 Å². The van der Waals surface area contributed by atoms with E-state index in [1.54, 1.807) is 7.11 Å². The summed E-state index contributed by atoms with van der Waals surface area (Å²) in [4.78, 5) is 23.5. The minimum Gasteiger partial charge on any atom is -0.497 e. The average Bonchev–Trinajstić information content (AvgIpc) is 2.97. The molecule has 1 aliphatic carbocycles. The van der Waals surface area contributed by atoms with Crippen LogP contribution in [0.3, 0.4) is 0 Å². The van der Waals surface area contributed by atoms with Gasteiger partial charge in [0.2, 0.25) is 5.91 Å². The van der Waals surface area contributed by atoms with Crippen LogP contribution in [0.2, 0.25) is 0 Å². The van der Waals surface area contributed by atoms with Crippen molar-refractivity contribution < 1.29 is 19.4 Å². The second-order valence-corrected chi connectivity index (χ2v) is 5.49. The van der Waals surface area contributed by atoms with Gasteiger partial charge in [-0.05, 0) is 37.5 Å². The summed E-state index contributed by atoms with van der Waals surface area (Å²) in [6, 6.07) is 7.31. The standard InChI is InChI=1S/C16H21NO4/c1-10(11-5-3-6-12(9-11)21-2)17-15(18)13-7-4-8-14(13)16(19)20/h3,5-6,9-10,13-14H,4,7-8H2,1-2H3,(H,17,18)(H,19,20)/t10-,13?,14?/m1/s1. The lowest BCUT2D eigenvalue weighted by molar-refractivity contribution is -0.146. The van der Waals surface area contributed by atoms with Crippen LogP contribution in [0.25, 0.3) is 0 Å². The van der Waals surface area contributed by atoms with E-state index in [0.717, 1.165) is 17.7 Å². The van der Waals surface area contributed by atoms with E-state index in [-0.39, 0.29) is 11.9 Å². The molecule has 1 aromatic rings. The highest BCUT2D eigenvalue weighted by Crippen LogP contribution is 2.32. The molecule has 0 heterocycles. The van der Waals surface area contributed by atoms with Crippen LogP contribution in [0.5, 0.6) is 5.75 Å². The van der Waals surface area contributed by atoms with Crippen LogP contribution >= 0.6 is 0 Å². The molecule has 1 aliphatic rings. The molecule has 0 saturated heterocycles. The van der Waals surface area contributed by atoms with Gasteiger partial charge in [0.25, 0.3) is 0 Å². The molecule has 21 heavy (non-hydrogen) atoms. The molecule has 1 fully saturated rings. The highest BCUT2D eigenvalue weighted by atomic mass is 16.5. The van der Waals surface area contributed by atoms with Crippen molar-refractivity contribution in [2.24, 2.45) is 11.8 Å². The van der Waals surface area contributed by atoms with Crippen molar-refractivity contribution in [1.82, 2.24) is 5.32 Å². The Labute approximate surface area is 124 Å². The fourth-order valence-electron chi connectivity index (χ4n) is 2.88. The van der Waals surface area contributed by atoms with Crippen LogP contribution in [-0.2, 0) is 9.59 Å². The van der Waals surface area contributed by atoms with E-state index >= 15 is 0 Å². The first kappa shape index (κ1) is 15.4. The molecule has 0 aromatic heterocycles. The summed E-state index contributed by atoms with van der Waals surface area (Å²) in [5.41, 5.74) is 0.938. The number of rotatable bonds is 5. The van der Waals surface area contributed by atoms with Crippen LogP contribution < -0.4 is 10.1 Å². The van der Waals surface area contributed by atoms with Crippen LogP contribution in [0.4, 0.5) is 0 Å². The third-order valence-electron chi connectivity index (χ3n) is 4.12. The van der Waals surface area contributed by atoms with Crippen molar-refractivity contribution in [2.45, 2.75) is 32.2 Å². The summed E-state index contributed by atoms with van der Waals surface area (Å²) < 4.78 is 5.17. The maximum atomic E-state index is 12.3. The number of ether oxygens (including phenoxy) is 1. The van der Waals surface area contributed by atoms with Gasteiger partial charge in [0.1, 0.15) is 5.75 Å². The Balaban J connectivity index is 2.03. The van der Waals surface area contributed by atoms with Gasteiger partial charge in [-0.2, -0.15) is 0 Å². The third-order valence-corrected chi connectivity index (χ3v) is 4.12. The molecule has 2 unspecified atom stereocenters. The van der Waals surface area contributed by atoms with Gasteiger partial charge in [-0.1, -0.05) is 18.6 Å². The van der Waals surface area contributed by atoms with Crippen molar-refractivity contribution in [3.63, 3.8) is 0 Å². The molecule has 2 rings (SSSR count). The monoisotopic (exact) mass is 291 g/mol. The predicted molar refractivity (Wildman–Crippen MR) is 78.0 cm³/mol. The molecule has 5 nitrogen and oxygen atoms in total. The first-order valence-corrected chi connectivity index (χ1v) is 7.20. The average molecular weight is 291 g/mol. The minimum atomic E-state index is -0.873. The lowest BCUT2D eigenvalue weighted by Crippen LogP contribution is -2.36. The number of nitrogens with one attached hydrogen (secondary N) is 1. The molecule has 2 N–H and O–H groups in total. The molecule has 1 saturated carbocycles. The fraction of sp³-hybridized carbons (Fsp3) is 0.500. The van der Waals surface area contributed by atoms with Gasteiger partial charge in [-0.25, -0.2) is 0 Å². The molecular formula is C16H21NO4. The lowest BCUT2D eigenvalue weighted by Gasteiger charge is -2.20. The summed E-state index contributed by atoms with van der Waals surface area (Å²) >= 11 is 0. The zero-order valence-corrected chi connectivity index (χ0v) is 12.3. The molecule has 1 amide bonds. The molecule has 0 spiro atoms. The topological polar surface area (TPSA) is 75.6 Å². The number of hydrogen-bond donors (Lipinski definition) is 2. The largest absolute Gasteiger partial charge is 0.497 e. The number of carboxylic acid groups (broad SMARTS) is 1. The first-order valence-electron chi connectivity index (χ1n) is 7.20. The molecule has 0 radical (unpaired) electrons. The van der Waals surface area contributed by atoms with Crippen molar-refractivity contribution >= 4 is 11.9 Å². The minimum absolute atomic E-state index is 0.171. The Bertz CT molecular complexity index is 529. The maximum absolute atomic E-state index is 12.3. The second kappa shape index (κ2) is 6.61. The zero-order valence-electron chi connectivity index (χ0n) is 12.3. The van der Waals surface area contributed by atoms with E-state index in [4.69, 9.17) is 9.84 Å². The summed E-state index contributed by atoms with van der Waals surface area (Å²) in [5.74, 6) is -1.28. The summed E-state index contributed by atoms with van der Waals surface area (Å²) in [6.45, 7) is 1.89. The van der Waals surface area contributed by atoms with Gasteiger partial charge in [0.05, 0.1) is 25.0 Å². The smallest absolute Gasteiger partial charge is 0.307 e. The van der Waals surface area contributed by atoms with Crippen LogP contribution in [0.15, 0.2) is 24.3 Å². The Hall–Kier alpha value is -2.04. The number of hydrogen-bond acceptors (Lipinski definition) is 3. The van der Waals surface area contributed by atoms with Crippen molar-refractivity contribution in [2.75, 3.05) is 7.11 Å².